The third-order valence-electron chi connectivity index (χ3n) is 6.61. The molecule has 0 spiro atoms. The summed E-state index contributed by atoms with van der Waals surface area (Å²) in [5.41, 5.74) is 8.77. The summed E-state index contributed by atoms with van der Waals surface area (Å²) in [6.07, 6.45) is 3.42. The molecule has 4 rings (SSSR count). The molecule has 41 heavy (non-hydrogen) atoms. The van der Waals surface area contributed by atoms with Crippen molar-refractivity contribution in [3.05, 3.63) is 95.1 Å². The number of nitrogens with zero attached hydrogens (tertiary/aromatic N) is 2. The highest BCUT2D eigenvalue weighted by molar-refractivity contribution is 6.49. The van der Waals surface area contributed by atoms with Crippen molar-refractivity contribution in [2.24, 2.45) is 10.7 Å². The van der Waals surface area contributed by atoms with Crippen molar-refractivity contribution in [3.63, 3.8) is 0 Å². The summed E-state index contributed by atoms with van der Waals surface area (Å²) in [5, 5.41) is 2.61. The second-order valence-electron chi connectivity index (χ2n) is 9.28. The van der Waals surface area contributed by atoms with Crippen LogP contribution in [0.2, 0.25) is 0 Å². The average Bonchev–Trinajstić information content (AvgIpc) is 3.54. The van der Waals surface area contributed by atoms with Crippen LogP contribution in [-0.2, 0) is 4.79 Å². The molecule has 9 nitrogen and oxygen atoms in total. The van der Waals surface area contributed by atoms with E-state index in [4.69, 9.17) is 36.2 Å². The molecule has 1 aliphatic carbocycles. The molecule has 1 unspecified atom stereocenters. The van der Waals surface area contributed by atoms with Crippen LogP contribution in [0.5, 0.6) is 11.5 Å². The number of halogens is 1. The third kappa shape index (κ3) is 7.25. The first-order valence-corrected chi connectivity index (χ1v) is 13.6. The highest BCUT2D eigenvalue weighted by Gasteiger charge is 2.27. The van der Waals surface area contributed by atoms with Gasteiger partial charge in [-0.15, -0.1) is 0 Å². The number of rotatable bonds is 12. The van der Waals surface area contributed by atoms with Crippen molar-refractivity contribution >= 4 is 40.4 Å². The van der Waals surface area contributed by atoms with E-state index in [0.29, 0.717) is 43.1 Å². The Morgan fingerprint density at radius 3 is 2.44 bits per heavy atom. The number of carbonyl (C=O) groups excluding carboxylic acids is 2. The monoisotopic (exact) mass is 576 g/mol. The summed E-state index contributed by atoms with van der Waals surface area (Å²) in [6.45, 7) is 5.52. The molecule has 0 fully saturated rings. The van der Waals surface area contributed by atoms with Crippen molar-refractivity contribution in [1.29, 1.82) is 0 Å². The Morgan fingerprint density at radius 1 is 1.12 bits per heavy atom. The number of hydrogen-bond donors (Lipinski definition) is 2. The molecule has 1 amide bonds. The van der Waals surface area contributed by atoms with Crippen LogP contribution in [0.25, 0.3) is 0 Å². The minimum Gasteiger partial charge on any atom is -0.497 e. The van der Waals surface area contributed by atoms with Crippen LogP contribution in [-0.4, -0.2) is 50.3 Å². The molecule has 10 heteroatoms. The predicted molar refractivity (Wildman–Crippen MR) is 160 cm³/mol. The number of Topliss-reactive ketones (excluding diaryl/α,β-unsaturated/α-hetero) is 1. The summed E-state index contributed by atoms with van der Waals surface area (Å²) >= 11 is 6.42. The number of hydrogen-bond acceptors (Lipinski definition) is 8. The number of methoxy groups -OCH3 is 1. The zero-order chi connectivity index (χ0) is 29.4. The van der Waals surface area contributed by atoms with Gasteiger partial charge in [-0.25, -0.2) is 4.99 Å². The summed E-state index contributed by atoms with van der Waals surface area (Å²) in [6, 6.07) is 18.3. The molecule has 1 aromatic heterocycles. The van der Waals surface area contributed by atoms with Gasteiger partial charge in [0.25, 0.3) is 5.91 Å². The second-order valence-corrected chi connectivity index (χ2v) is 9.66. The van der Waals surface area contributed by atoms with Crippen LogP contribution in [0.4, 0.5) is 11.4 Å². The van der Waals surface area contributed by atoms with Gasteiger partial charge >= 0.3 is 0 Å². The molecule has 1 atom stereocenters. The Kier molecular flexibility index (Phi) is 10.00. The first-order chi connectivity index (χ1) is 19.8. The Labute approximate surface area is 244 Å². The van der Waals surface area contributed by atoms with E-state index in [2.05, 4.69) is 17.1 Å². The molecular weight excluding hydrogens is 544 g/mol. The number of ketones is 1. The minimum atomic E-state index is -0.548. The number of allylic oxidation sites excluding steroid dienone is 3. The van der Waals surface area contributed by atoms with E-state index in [1.54, 1.807) is 19.3 Å². The van der Waals surface area contributed by atoms with Crippen LogP contribution >= 0.6 is 11.6 Å². The highest BCUT2D eigenvalue weighted by Crippen LogP contribution is 2.28. The molecule has 214 valence electrons. The summed E-state index contributed by atoms with van der Waals surface area (Å²) in [5.74, 6) is 0.594. The number of amides is 1. The van der Waals surface area contributed by atoms with Crippen molar-refractivity contribution in [2.45, 2.75) is 26.3 Å². The van der Waals surface area contributed by atoms with E-state index in [9.17, 15) is 9.59 Å². The Morgan fingerprint density at radius 2 is 1.83 bits per heavy atom. The molecule has 3 aromatic rings. The molecule has 0 aliphatic heterocycles. The van der Waals surface area contributed by atoms with Gasteiger partial charge in [-0.1, -0.05) is 18.5 Å². The first kappa shape index (κ1) is 29.6. The Balaban J connectivity index is 1.51. The number of nitrogens with one attached hydrogen (secondary N) is 1. The highest BCUT2D eigenvalue weighted by atomic mass is 35.5. The van der Waals surface area contributed by atoms with E-state index in [1.807, 2.05) is 55.5 Å². The molecule has 2 aromatic carbocycles. The van der Waals surface area contributed by atoms with Crippen LogP contribution < -0.4 is 25.4 Å². The number of nitrogens with two attached hydrogens (primary N) is 1. The van der Waals surface area contributed by atoms with Crippen LogP contribution in [0, 0.1) is 0 Å². The van der Waals surface area contributed by atoms with Gasteiger partial charge in [0.2, 0.25) is 5.78 Å². The fourth-order valence-electron chi connectivity index (χ4n) is 4.30. The lowest BCUT2D eigenvalue weighted by Gasteiger charge is -2.30. The average molecular weight is 577 g/mol. The molecule has 0 saturated carbocycles. The molecule has 0 saturated heterocycles. The van der Waals surface area contributed by atoms with Gasteiger partial charge in [0.1, 0.15) is 18.1 Å². The number of aliphatic imine (C=N–C) groups is 1. The lowest BCUT2D eigenvalue weighted by atomic mass is 9.97. The van der Waals surface area contributed by atoms with Gasteiger partial charge in [-0.05, 0) is 80.1 Å². The number of furan rings is 1. The lowest BCUT2D eigenvalue weighted by Crippen LogP contribution is -2.41. The van der Waals surface area contributed by atoms with Gasteiger partial charge in [-0.3, -0.25) is 9.59 Å². The fraction of sp³-hybridized carbons (Fsp3) is 0.258. The maximum Gasteiger partial charge on any atom is 0.291 e. The molecule has 1 heterocycles. The van der Waals surface area contributed by atoms with Crippen LogP contribution in [0.15, 0.2) is 98.7 Å². The van der Waals surface area contributed by atoms with Crippen molar-refractivity contribution in [1.82, 2.24) is 5.32 Å². The quantitative estimate of drug-likeness (QED) is 0.277. The van der Waals surface area contributed by atoms with Gasteiger partial charge in [0.05, 0.1) is 42.0 Å². The van der Waals surface area contributed by atoms with Gasteiger partial charge in [0, 0.05) is 23.8 Å². The Hall–Kier alpha value is -4.34. The zero-order valence-corrected chi connectivity index (χ0v) is 24.0. The first-order valence-electron chi connectivity index (χ1n) is 13.3. The van der Waals surface area contributed by atoms with E-state index >= 15 is 0 Å². The van der Waals surface area contributed by atoms with Crippen molar-refractivity contribution in [2.75, 3.05) is 31.7 Å². The van der Waals surface area contributed by atoms with Crippen molar-refractivity contribution < 1.29 is 23.5 Å². The van der Waals surface area contributed by atoms with E-state index in [0.717, 1.165) is 17.2 Å². The normalized spacial score (nSPS) is 15.0. The lowest BCUT2D eigenvalue weighted by molar-refractivity contribution is -0.112. The number of benzene rings is 2. The molecule has 1 aliphatic rings. The zero-order valence-electron chi connectivity index (χ0n) is 23.2. The van der Waals surface area contributed by atoms with Gasteiger partial charge in [0.15, 0.2) is 5.76 Å². The van der Waals surface area contributed by atoms with Crippen LogP contribution in [0.3, 0.4) is 0 Å². The van der Waals surface area contributed by atoms with Crippen molar-refractivity contribution in [3.8, 4) is 11.5 Å². The maximum absolute atomic E-state index is 12.8. The molecule has 3 N–H and O–H groups in total. The van der Waals surface area contributed by atoms with Gasteiger partial charge in [-0.2, -0.15) is 0 Å². The minimum absolute atomic E-state index is 0.0277. The fourth-order valence-corrected chi connectivity index (χ4v) is 4.63. The smallest absolute Gasteiger partial charge is 0.291 e. The summed E-state index contributed by atoms with van der Waals surface area (Å²) in [7, 11) is 1.63. The second kappa shape index (κ2) is 13.8. The topological polar surface area (TPSA) is 119 Å². The summed E-state index contributed by atoms with van der Waals surface area (Å²) < 4.78 is 16.3. The number of carbonyl (C=O) groups is 2. The largest absolute Gasteiger partial charge is 0.497 e. The summed E-state index contributed by atoms with van der Waals surface area (Å²) in [4.78, 5) is 32.2. The van der Waals surface area contributed by atoms with Gasteiger partial charge < -0.3 is 29.8 Å². The van der Waals surface area contributed by atoms with E-state index in [1.165, 1.54) is 12.3 Å². The molecule has 0 bridgehead atoms. The van der Waals surface area contributed by atoms with E-state index in [-0.39, 0.29) is 22.5 Å². The number of anilines is 1. The predicted octanol–water partition coefficient (Wildman–Crippen LogP) is 5.39. The third-order valence-corrected chi connectivity index (χ3v) is 7.01. The number of ether oxygens (including phenoxy) is 2. The van der Waals surface area contributed by atoms with E-state index < -0.39 is 11.7 Å². The van der Waals surface area contributed by atoms with Crippen LogP contribution in [0.1, 0.15) is 30.8 Å². The Bertz CT molecular complexity index is 1440. The molecular formula is C31H33ClN4O5. The standard InChI is InChI=1S/C31H33ClN4O5/c1-4-25-26(18-27(30(37)29(25)32)35-31(38)28-6-5-16-41-28)34-21-7-9-22(10-8-21)36(20(2)19-33)15-17-40-24-13-11-23(39-3)12-14-24/h5-14,16,18,20H,4,15,17,19,33H2,1-3H3,(H,35,38)/b34-26+. The maximum atomic E-state index is 12.8. The molecule has 0 radical (unpaired) electrons. The SMILES string of the molecule is CCC1=C(Cl)C(=O)C(NC(=O)c2ccco2)=C/C1=N\c1ccc(N(CCOc2ccc(OC)cc2)C(C)CN)cc1.